The van der Waals surface area contributed by atoms with E-state index in [0.717, 1.165) is 44.4 Å². The molecule has 0 spiro atoms. The number of alkyl halides is 3. The number of hydrogen-bond acceptors (Lipinski definition) is 1. The lowest BCUT2D eigenvalue weighted by Gasteiger charge is -2.39. The first-order valence-electron chi connectivity index (χ1n) is 9.95. The second kappa shape index (κ2) is 9.45. The maximum Gasteiger partial charge on any atom is 0.162 e. The fourth-order valence-corrected chi connectivity index (χ4v) is 4.99. The highest BCUT2D eigenvalue weighted by Gasteiger charge is 2.34. The molecule has 4 unspecified atom stereocenters. The molecule has 0 aromatic carbocycles. The Morgan fingerprint density at radius 2 is 1.33 bits per heavy atom. The van der Waals surface area contributed by atoms with E-state index < -0.39 is 18.5 Å². The lowest BCUT2D eigenvalue weighted by atomic mass is 9.67. The molecule has 142 valence electrons. The fourth-order valence-electron chi connectivity index (χ4n) is 4.99. The molecule has 0 aromatic rings. The van der Waals surface area contributed by atoms with Gasteiger partial charge in [0, 0.05) is 6.61 Å². The fraction of sp³-hybridized carbons (Fsp3) is 1.00. The molecule has 4 atom stereocenters. The molecule has 4 heteroatoms. The van der Waals surface area contributed by atoms with E-state index in [1.165, 1.54) is 25.7 Å². The van der Waals surface area contributed by atoms with Crippen LogP contribution < -0.4 is 0 Å². The molecule has 1 N–H and O–H groups in total. The average Bonchev–Trinajstić information content (AvgIpc) is 2.61. The average molecular weight is 348 g/mol. The summed E-state index contributed by atoms with van der Waals surface area (Å²) in [5.74, 6) is 2.65. The second-order valence-electron chi connectivity index (χ2n) is 8.49. The van der Waals surface area contributed by atoms with Crippen molar-refractivity contribution in [1.82, 2.24) is 0 Å². The van der Waals surface area contributed by atoms with Gasteiger partial charge in [-0.25, -0.2) is 13.2 Å². The molecule has 2 aliphatic carbocycles. The number of rotatable bonds is 7. The Balaban J connectivity index is 1.72. The first kappa shape index (κ1) is 20.1. The van der Waals surface area contributed by atoms with E-state index in [1.807, 2.05) is 6.92 Å². The third kappa shape index (κ3) is 5.37. The minimum atomic E-state index is -1.98. The van der Waals surface area contributed by atoms with Crippen molar-refractivity contribution in [2.45, 2.75) is 90.1 Å². The van der Waals surface area contributed by atoms with E-state index in [-0.39, 0.29) is 12.3 Å². The summed E-state index contributed by atoms with van der Waals surface area (Å²) in [5.41, 5.74) is 0. The Bertz CT molecular complexity index is 347. The van der Waals surface area contributed by atoms with E-state index in [0.29, 0.717) is 18.4 Å². The van der Waals surface area contributed by atoms with Crippen molar-refractivity contribution >= 4 is 0 Å². The van der Waals surface area contributed by atoms with Gasteiger partial charge in [0.25, 0.3) is 0 Å². The highest BCUT2D eigenvalue weighted by atomic mass is 19.2. The van der Waals surface area contributed by atoms with Crippen LogP contribution in [0.3, 0.4) is 0 Å². The van der Waals surface area contributed by atoms with E-state index in [1.54, 1.807) is 0 Å². The Hall–Kier alpha value is -0.250. The molecule has 0 aliphatic heterocycles. The monoisotopic (exact) mass is 348 g/mol. The summed E-state index contributed by atoms with van der Waals surface area (Å²) in [5, 5.41) is 9.25. The molecule has 1 nitrogen and oxygen atoms in total. The molecule has 2 fully saturated rings. The van der Waals surface area contributed by atoms with Gasteiger partial charge in [-0.05, 0) is 94.3 Å². The Labute approximate surface area is 145 Å². The predicted molar refractivity (Wildman–Crippen MR) is 92.1 cm³/mol. The summed E-state index contributed by atoms with van der Waals surface area (Å²) < 4.78 is 40.2. The van der Waals surface area contributed by atoms with Crippen molar-refractivity contribution in [3.63, 3.8) is 0 Å². The Kier molecular flexibility index (Phi) is 7.90. The molecule has 0 amide bonds. The van der Waals surface area contributed by atoms with E-state index >= 15 is 0 Å². The van der Waals surface area contributed by atoms with Gasteiger partial charge in [0.1, 0.15) is 12.3 Å². The van der Waals surface area contributed by atoms with Crippen LogP contribution in [0.15, 0.2) is 0 Å². The maximum absolute atomic E-state index is 13.9. The highest BCUT2D eigenvalue weighted by molar-refractivity contribution is 4.85. The van der Waals surface area contributed by atoms with Gasteiger partial charge in [-0.2, -0.15) is 0 Å². The van der Waals surface area contributed by atoms with Crippen molar-refractivity contribution in [1.29, 1.82) is 0 Å². The molecule has 0 radical (unpaired) electrons. The van der Waals surface area contributed by atoms with Gasteiger partial charge < -0.3 is 5.11 Å². The van der Waals surface area contributed by atoms with Gasteiger partial charge in [0.2, 0.25) is 0 Å². The summed E-state index contributed by atoms with van der Waals surface area (Å²) in [7, 11) is 0. The molecule has 2 rings (SSSR count). The van der Waals surface area contributed by atoms with Crippen LogP contribution in [0.5, 0.6) is 0 Å². The summed E-state index contributed by atoms with van der Waals surface area (Å²) >= 11 is 0. The molecular weight excluding hydrogens is 313 g/mol. The lowest BCUT2D eigenvalue weighted by Crippen LogP contribution is -2.31. The number of hydrogen-bond donors (Lipinski definition) is 1. The van der Waals surface area contributed by atoms with Crippen molar-refractivity contribution < 1.29 is 18.3 Å². The van der Waals surface area contributed by atoms with Crippen molar-refractivity contribution in [2.24, 2.45) is 29.6 Å². The molecule has 2 saturated carbocycles. The summed E-state index contributed by atoms with van der Waals surface area (Å²) in [6.45, 7) is 3.42. The van der Waals surface area contributed by atoms with Gasteiger partial charge in [0.05, 0.1) is 0 Å². The summed E-state index contributed by atoms with van der Waals surface area (Å²) in [6, 6.07) is 0. The Morgan fingerprint density at radius 1 is 0.833 bits per heavy atom. The van der Waals surface area contributed by atoms with Gasteiger partial charge in [-0.15, -0.1) is 0 Å². The number of aliphatic hydroxyl groups excluding tert-OH is 1. The first-order valence-corrected chi connectivity index (χ1v) is 9.95. The zero-order valence-electron chi connectivity index (χ0n) is 15.3. The molecule has 0 aromatic heterocycles. The van der Waals surface area contributed by atoms with Crippen LogP contribution in [0.2, 0.25) is 0 Å². The smallest absolute Gasteiger partial charge is 0.162 e. The predicted octanol–water partition coefficient (Wildman–Crippen LogP) is 5.65. The van der Waals surface area contributed by atoms with Gasteiger partial charge >= 0.3 is 0 Å². The second-order valence-corrected chi connectivity index (χ2v) is 8.49. The Morgan fingerprint density at radius 3 is 1.79 bits per heavy atom. The zero-order valence-corrected chi connectivity index (χ0v) is 15.3. The highest BCUT2D eigenvalue weighted by Crippen LogP contribution is 2.43. The van der Waals surface area contributed by atoms with Crippen LogP contribution in [-0.4, -0.2) is 30.2 Å². The van der Waals surface area contributed by atoms with Gasteiger partial charge in [-0.3, -0.25) is 0 Å². The first-order chi connectivity index (χ1) is 11.4. The van der Waals surface area contributed by atoms with E-state index in [2.05, 4.69) is 0 Å². The molecule has 24 heavy (non-hydrogen) atoms. The van der Waals surface area contributed by atoms with Crippen molar-refractivity contribution in [3.05, 3.63) is 0 Å². The molecule has 0 heterocycles. The molecular formula is C20H35F3O. The standard InChI is InChI=1S/C20H35F3O/c1-13(11-19(22)20(23)14(2)21)16-7-9-18(10-8-16)17-5-3-15(12-24)4-6-17/h13-20,24H,3-12H2,1-2H3. The van der Waals surface area contributed by atoms with Crippen LogP contribution in [-0.2, 0) is 0 Å². The maximum atomic E-state index is 13.9. The topological polar surface area (TPSA) is 20.2 Å². The largest absolute Gasteiger partial charge is 0.396 e. The quantitative estimate of drug-likeness (QED) is 0.630. The summed E-state index contributed by atoms with van der Waals surface area (Å²) in [4.78, 5) is 0. The van der Waals surface area contributed by atoms with Crippen molar-refractivity contribution in [2.75, 3.05) is 6.61 Å². The van der Waals surface area contributed by atoms with Crippen LogP contribution in [0, 0.1) is 29.6 Å². The third-order valence-corrected chi connectivity index (χ3v) is 6.82. The zero-order chi connectivity index (χ0) is 17.7. The van der Waals surface area contributed by atoms with E-state index in [4.69, 9.17) is 0 Å². The van der Waals surface area contributed by atoms with E-state index in [9.17, 15) is 18.3 Å². The van der Waals surface area contributed by atoms with Crippen LogP contribution in [0.4, 0.5) is 13.2 Å². The lowest BCUT2D eigenvalue weighted by molar-refractivity contribution is 0.0597. The van der Waals surface area contributed by atoms with Crippen LogP contribution >= 0.6 is 0 Å². The van der Waals surface area contributed by atoms with Gasteiger partial charge in [-0.1, -0.05) is 6.92 Å². The van der Waals surface area contributed by atoms with Crippen LogP contribution in [0.1, 0.15) is 71.6 Å². The molecule has 2 aliphatic rings. The minimum absolute atomic E-state index is 0.128. The number of aliphatic hydroxyl groups is 1. The minimum Gasteiger partial charge on any atom is -0.396 e. The van der Waals surface area contributed by atoms with Gasteiger partial charge in [0.15, 0.2) is 6.17 Å². The summed E-state index contributed by atoms with van der Waals surface area (Å²) in [6.07, 6.45) is 4.13. The SMILES string of the molecule is CC(F)C(F)C(F)CC(C)C1CCC(C2CCC(CO)CC2)CC1. The third-order valence-electron chi connectivity index (χ3n) is 6.82. The normalized spacial score (nSPS) is 36.8. The van der Waals surface area contributed by atoms with Crippen molar-refractivity contribution in [3.8, 4) is 0 Å². The molecule has 0 bridgehead atoms. The van der Waals surface area contributed by atoms with Crippen LogP contribution in [0.25, 0.3) is 0 Å². The molecule has 0 saturated heterocycles. The number of halogens is 3.